The third kappa shape index (κ3) is 17.0. The number of nitrogens with one attached hydrogen (secondary N) is 1. The minimum Gasteiger partial charge on any atom is -0.456 e. The molecule has 1 amide bonds. The van der Waals surface area contributed by atoms with Crippen LogP contribution in [0.5, 0.6) is 0 Å². The zero-order chi connectivity index (χ0) is 56.4. The van der Waals surface area contributed by atoms with Gasteiger partial charge in [-0.3, -0.25) is 19.2 Å². The summed E-state index contributed by atoms with van der Waals surface area (Å²) in [6.45, 7) is 6.66. The molecule has 15 unspecified atom stereocenters. The molecule has 3 heterocycles. The summed E-state index contributed by atoms with van der Waals surface area (Å²) < 4.78 is 84.6. The van der Waals surface area contributed by atoms with Crippen LogP contribution >= 0.6 is 0 Å². The quantitative estimate of drug-likeness (QED) is 0.0475. The van der Waals surface area contributed by atoms with E-state index in [0.717, 1.165) is 41.7 Å². The smallest absolute Gasteiger partial charge is 0.303 e. The van der Waals surface area contributed by atoms with Crippen molar-refractivity contribution >= 4 is 23.8 Å². The average molecular weight is 1110 g/mol. The van der Waals surface area contributed by atoms with Gasteiger partial charge in [0.05, 0.1) is 52.4 Å². The Morgan fingerprint density at radius 3 is 1.25 bits per heavy atom. The Morgan fingerprint density at radius 2 is 0.800 bits per heavy atom. The van der Waals surface area contributed by atoms with Gasteiger partial charge in [-0.1, -0.05) is 152 Å². The number of amides is 1. The lowest BCUT2D eigenvalue weighted by molar-refractivity contribution is -0.377. The minimum atomic E-state index is -1.76. The van der Waals surface area contributed by atoms with Crippen LogP contribution in [-0.4, -0.2) is 134 Å². The Labute approximate surface area is 465 Å². The standard InChI is InChI=1S/C61H71NO18/c1-38-51(70-33-45-25-15-8-16-26-45)55(71-34-46-27-17-9-18-28-46)57(72-35-47-29-19-10-20-30-47)60(73-38)80-54-50(62-39(2)63)59(67)77-48(36-68-31-43-21-11-6-12-22-43)52(54)79-61-58(76-42(5)66)56(75-41(4)65)53(74-40(3)64)49(78-61)37-69-32-44-23-13-7-14-24-44/h6-30,38,48-61,67H,31-37H2,1-5H3,(H,62,63). The van der Waals surface area contributed by atoms with Gasteiger partial charge in [0, 0.05) is 27.7 Å². The first-order valence-electron chi connectivity index (χ1n) is 26.7. The molecule has 19 heteroatoms. The van der Waals surface area contributed by atoms with Crippen LogP contribution in [0.3, 0.4) is 0 Å². The van der Waals surface area contributed by atoms with E-state index in [0.29, 0.717) is 0 Å². The van der Waals surface area contributed by atoms with Crippen LogP contribution in [0.25, 0.3) is 0 Å². The number of esters is 3. The van der Waals surface area contributed by atoms with Crippen molar-refractivity contribution in [2.24, 2.45) is 0 Å². The first kappa shape index (κ1) is 59.7. The van der Waals surface area contributed by atoms with Gasteiger partial charge in [0.2, 0.25) is 5.91 Å². The molecule has 3 aliphatic rings. The fourth-order valence-corrected chi connectivity index (χ4v) is 9.89. The van der Waals surface area contributed by atoms with Crippen molar-refractivity contribution < 1.29 is 85.9 Å². The first-order chi connectivity index (χ1) is 38.8. The first-order valence-corrected chi connectivity index (χ1v) is 26.7. The highest BCUT2D eigenvalue weighted by Gasteiger charge is 2.58. The molecule has 3 fully saturated rings. The van der Waals surface area contributed by atoms with Gasteiger partial charge in [0.15, 0.2) is 37.2 Å². The molecule has 0 saturated carbocycles. The Hall–Kier alpha value is -6.46. The molecule has 0 aliphatic carbocycles. The van der Waals surface area contributed by atoms with E-state index in [2.05, 4.69) is 5.32 Å². The summed E-state index contributed by atoms with van der Waals surface area (Å²) in [5.74, 6) is -2.97. The fourth-order valence-electron chi connectivity index (χ4n) is 9.89. The molecule has 80 heavy (non-hydrogen) atoms. The van der Waals surface area contributed by atoms with Crippen LogP contribution in [0.4, 0.5) is 0 Å². The minimum absolute atomic E-state index is 0.0653. The Kier molecular flexibility index (Phi) is 22.3. The zero-order valence-corrected chi connectivity index (χ0v) is 45.4. The highest BCUT2D eigenvalue weighted by Crippen LogP contribution is 2.38. The summed E-state index contributed by atoms with van der Waals surface area (Å²) >= 11 is 0. The van der Waals surface area contributed by atoms with Gasteiger partial charge in [-0.05, 0) is 34.7 Å². The summed E-state index contributed by atoms with van der Waals surface area (Å²) in [5, 5.41) is 14.9. The van der Waals surface area contributed by atoms with E-state index in [-0.39, 0.29) is 46.2 Å². The second-order valence-corrected chi connectivity index (χ2v) is 19.8. The number of ether oxygens (including phenoxy) is 13. The van der Waals surface area contributed by atoms with Crippen molar-refractivity contribution in [3.05, 3.63) is 179 Å². The number of hydrogen-bond donors (Lipinski definition) is 2. The van der Waals surface area contributed by atoms with Gasteiger partial charge < -0.3 is 72.0 Å². The summed E-state index contributed by atoms with van der Waals surface area (Å²) in [7, 11) is 0. The number of benzene rings is 5. The fraction of sp³-hybridized carbons (Fsp3) is 0.443. The molecule has 5 aromatic carbocycles. The molecular formula is C61H71NO18. The summed E-state index contributed by atoms with van der Waals surface area (Å²) in [5.41, 5.74) is 4.25. The van der Waals surface area contributed by atoms with Gasteiger partial charge >= 0.3 is 17.9 Å². The lowest BCUT2D eigenvalue weighted by Crippen LogP contribution is -2.70. The second-order valence-electron chi connectivity index (χ2n) is 19.8. The molecule has 0 spiro atoms. The van der Waals surface area contributed by atoms with Gasteiger partial charge in [-0.2, -0.15) is 0 Å². The molecule has 15 atom stereocenters. The number of aliphatic hydroxyl groups is 1. The molecule has 3 saturated heterocycles. The third-order valence-corrected chi connectivity index (χ3v) is 13.5. The molecule has 0 radical (unpaired) electrons. The molecule has 8 rings (SSSR count). The number of carbonyl (C=O) groups excluding carboxylic acids is 4. The Bertz CT molecular complexity index is 2670. The Morgan fingerprint density at radius 1 is 0.425 bits per heavy atom. The topological polar surface area (TPSA) is 221 Å². The molecule has 19 nitrogen and oxygen atoms in total. The molecule has 428 valence electrons. The van der Waals surface area contributed by atoms with Crippen LogP contribution in [-0.2, 0) is 114 Å². The van der Waals surface area contributed by atoms with Crippen molar-refractivity contribution in [3.63, 3.8) is 0 Å². The maximum atomic E-state index is 13.3. The van der Waals surface area contributed by atoms with Crippen molar-refractivity contribution in [3.8, 4) is 0 Å². The monoisotopic (exact) mass is 1110 g/mol. The van der Waals surface area contributed by atoms with Gasteiger partial charge in [-0.25, -0.2) is 0 Å². The van der Waals surface area contributed by atoms with Crippen molar-refractivity contribution in [1.29, 1.82) is 0 Å². The van der Waals surface area contributed by atoms with Crippen molar-refractivity contribution in [1.82, 2.24) is 5.32 Å². The highest BCUT2D eigenvalue weighted by molar-refractivity contribution is 5.73. The van der Waals surface area contributed by atoms with E-state index < -0.39 is 116 Å². The number of rotatable bonds is 25. The SMILES string of the molecule is CC(=O)NC1C(O)OC(COCc2ccccc2)C(OC2OC(COCc3ccccc3)C(OC(C)=O)C(OC(C)=O)C2OC(C)=O)C1OC1OC(C)C(OCc2ccccc2)C(OCc2ccccc2)C1OCc1ccccc1. The number of hydrogen-bond acceptors (Lipinski definition) is 18. The van der Waals surface area contributed by atoms with Crippen LogP contribution in [0.1, 0.15) is 62.4 Å². The lowest BCUT2D eigenvalue weighted by Gasteiger charge is -2.51. The van der Waals surface area contributed by atoms with E-state index in [1.54, 1.807) is 0 Å². The van der Waals surface area contributed by atoms with E-state index in [4.69, 9.17) is 61.6 Å². The summed E-state index contributed by atoms with van der Waals surface area (Å²) in [4.78, 5) is 52.3. The van der Waals surface area contributed by atoms with Gasteiger partial charge in [-0.15, -0.1) is 0 Å². The van der Waals surface area contributed by atoms with E-state index in [1.807, 2.05) is 159 Å². The molecule has 5 aromatic rings. The second kappa shape index (κ2) is 29.8. The Balaban J connectivity index is 1.21. The van der Waals surface area contributed by atoms with Crippen LogP contribution < -0.4 is 5.32 Å². The third-order valence-electron chi connectivity index (χ3n) is 13.5. The molecular weight excluding hydrogens is 1030 g/mol. The number of aliphatic hydroxyl groups excluding tert-OH is 1. The van der Waals surface area contributed by atoms with Gasteiger partial charge in [0.1, 0.15) is 48.8 Å². The predicted octanol–water partition coefficient (Wildman–Crippen LogP) is 6.43. The average Bonchev–Trinajstić information content (AvgIpc) is 3.46. The molecule has 2 N–H and O–H groups in total. The van der Waals surface area contributed by atoms with Crippen molar-refractivity contribution in [2.45, 2.75) is 160 Å². The van der Waals surface area contributed by atoms with Crippen LogP contribution in [0.15, 0.2) is 152 Å². The summed E-state index contributed by atoms with van der Waals surface area (Å²) in [6, 6.07) is 46.0. The van der Waals surface area contributed by atoms with Crippen molar-refractivity contribution in [2.75, 3.05) is 13.2 Å². The van der Waals surface area contributed by atoms with Crippen LogP contribution in [0, 0.1) is 0 Å². The van der Waals surface area contributed by atoms with E-state index >= 15 is 0 Å². The molecule has 0 bridgehead atoms. The van der Waals surface area contributed by atoms with E-state index in [9.17, 15) is 24.3 Å². The maximum Gasteiger partial charge on any atom is 0.303 e. The lowest BCUT2D eigenvalue weighted by atomic mass is 9.94. The van der Waals surface area contributed by atoms with E-state index in [1.165, 1.54) is 13.8 Å². The highest BCUT2D eigenvalue weighted by atomic mass is 16.8. The zero-order valence-electron chi connectivity index (χ0n) is 45.4. The largest absolute Gasteiger partial charge is 0.456 e. The predicted molar refractivity (Wildman–Crippen MR) is 285 cm³/mol. The molecule has 0 aromatic heterocycles. The molecule has 3 aliphatic heterocycles. The van der Waals surface area contributed by atoms with Gasteiger partial charge in [0.25, 0.3) is 0 Å². The number of carbonyl (C=O) groups is 4. The normalized spacial score (nSPS) is 28.5. The van der Waals surface area contributed by atoms with Crippen LogP contribution in [0.2, 0.25) is 0 Å². The summed E-state index contributed by atoms with van der Waals surface area (Å²) in [6.07, 6.45) is -18.3. The maximum absolute atomic E-state index is 13.3.